The molecule has 25 heavy (non-hydrogen) atoms. The topological polar surface area (TPSA) is 28.0 Å². The van der Waals surface area contributed by atoms with Crippen LogP contribution in [0.1, 0.15) is 11.1 Å². The van der Waals surface area contributed by atoms with E-state index in [4.69, 9.17) is 11.6 Å². The lowest BCUT2D eigenvalue weighted by molar-refractivity contribution is 0.579. The zero-order chi connectivity index (χ0) is 17.6. The molecule has 2 aliphatic heterocycles. The van der Waals surface area contributed by atoms with E-state index in [1.807, 2.05) is 17.0 Å². The minimum Gasteiger partial charge on any atom is -0.324 e. The number of nitrogens with zero attached hydrogens (tertiary/aromatic N) is 3. The van der Waals surface area contributed by atoms with Gasteiger partial charge in [-0.05, 0) is 46.3 Å². The smallest absolute Gasteiger partial charge is 0.135 e. The molecule has 2 aliphatic rings. The van der Waals surface area contributed by atoms with Gasteiger partial charge in [0.1, 0.15) is 17.5 Å². The van der Waals surface area contributed by atoms with Gasteiger partial charge in [-0.2, -0.15) is 0 Å². The highest BCUT2D eigenvalue weighted by molar-refractivity contribution is 9.10. The molecule has 4 rings (SSSR count). The Morgan fingerprint density at radius 2 is 1.84 bits per heavy atom. The van der Waals surface area contributed by atoms with Crippen LogP contribution in [0.25, 0.3) is 0 Å². The highest BCUT2D eigenvalue weighted by Crippen LogP contribution is 2.38. The first-order valence-electron chi connectivity index (χ1n) is 7.54. The van der Waals surface area contributed by atoms with Gasteiger partial charge in [0.15, 0.2) is 0 Å². The van der Waals surface area contributed by atoms with E-state index in [1.165, 1.54) is 18.2 Å². The van der Waals surface area contributed by atoms with Crippen LogP contribution in [0.4, 0.5) is 14.5 Å². The Bertz CT molecular complexity index is 949. The maximum absolute atomic E-state index is 14.4. The highest BCUT2D eigenvalue weighted by Gasteiger charge is 2.29. The van der Waals surface area contributed by atoms with Gasteiger partial charge >= 0.3 is 0 Å². The second-order valence-corrected chi connectivity index (χ2v) is 6.76. The van der Waals surface area contributed by atoms with Crippen LogP contribution in [-0.4, -0.2) is 24.6 Å². The molecule has 0 saturated carbocycles. The monoisotopic (exact) mass is 421 g/mol. The van der Waals surface area contributed by atoms with Crippen molar-refractivity contribution in [1.29, 1.82) is 0 Å². The number of aliphatic imine (C=N–C) groups is 2. The van der Waals surface area contributed by atoms with E-state index in [0.717, 1.165) is 5.69 Å². The van der Waals surface area contributed by atoms with Gasteiger partial charge in [0.05, 0.1) is 28.5 Å². The molecule has 0 amide bonds. The standard InChI is InChI=1S/C18H11BrClF2N3/c19-17-10(20)5-6-13-16(17)18(15-11(21)3-1-4-12(15)22)24-9-14-23-7-2-8-25(13)14/h1-7H,8-9H2. The fourth-order valence-electron chi connectivity index (χ4n) is 2.98. The number of fused-ring (bicyclic) bond motifs is 3. The number of benzene rings is 2. The largest absolute Gasteiger partial charge is 0.324 e. The summed E-state index contributed by atoms with van der Waals surface area (Å²) in [5.74, 6) is -0.627. The molecule has 0 bridgehead atoms. The van der Waals surface area contributed by atoms with Crippen LogP contribution in [-0.2, 0) is 0 Å². The maximum Gasteiger partial charge on any atom is 0.135 e. The Morgan fingerprint density at radius 3 is 2.60 bits per heavy atom. The molecule has 2 aromatic rings. The fourth-order valence-corrected chi connectivity index (χ4v) is 3.66. The average molecular weight is 423 g/mol. The minimum absolute atomic E-state index is 0.167. The normalized spacial score (nSPS) is 15.9. The van der Waals surface area contributed by atoms with Crippen molar-refractivity contribution in [3.8, 4) is 0 Å². The fraction of sp³-hybridized carbons (Fsp3) is 0.111. The number of anilines is 1. The summed E-state index contributed by atoms with van der Waals surface area (Å²) in [5, 5.41) is 0.441. The minimum atomic E-state index is -0.670. The second kappa shape index (κ2) is 6.35. The first-order chi connectivity index (χ1) is 12.1. The molecule has 0 radical (unpaired) electrons. The summed E-state index contributed by atoms with van der Waals surface area (Å²) < 4.78 is 29.4. The molecule has 3 nitrogen and oxygen atoms in total. The third kappa shape index (κ3) is 2.69. The Balaban J connectivity index is 2.04. The van der Waals surface area contributed by atoms with Gasteiger partial charge in [0.25, 0.3) is 0 Å². The zero-order valence-electron chi connectivity index (χ0n) is 12.8. The maximum atomic E-state index is 14.4. The zero-order valence-corrected chi connectivity index (χ0v) is 15.2. The van der Waals surface area contributed by atoms with E-state index in [9.17, 15) is 8.78 Å². The van der Waals surface area contributed by atoms with Crippen LogP contribution in [0.2, 0.25) is 5.02 Å². The van der Waals surface area contributed by atoms with Crippen LogP contribution in [0, 0.1) is 11.6 Å². The van der Waals surface area contributed by atoms with Gasteiger partial charge in [-0.3, -0.25) is 4.99 Å². The summed E-state index contributed by atoms with van der Waals surface area (Å²) in [6, 6.07) is 7.32. The number of hydrogen-bond acceptors (Lipinski definition) is 3. The van der Waals surface area contributed by atoms with E-state index in [-0.39, 0.29) is 17.8 Å². The van der Waals surface area contributed by atoms with Crippen molar-refractivity contribution in [3.63, 3.8) is 0 Å². The molecule has 0 aromatic heterocycles. The molecule has 0 atom stereocenters. The summed E-state index contributed by atoms with van der Waals surface area (Å²) in [4.78, 5) is 10.8. The van der Waals surface area contributed by atoms with Crippen LogP contribution in [0.15, 0.2) is 57.1 Å². The first kappa shape index (κ1) is 16.4. The molecule has 0 fully saturated rings. The van der Waals surface area contributed by atoms with Gasteiger partial charge in [-0.25, -0.2) is 13.8 Å². The van der Waals surface area contributed by atoms with Crippen molar-refractivity contribution in [2.45, 2.75) is 0 Å². The summed E-state index contributed by atoms with van der Waals surface area (Å²) in [6.07, 6.45) is 3.62. The molecular formula is C18H11BrClF2N3. The second-order valence-electron chi connectivity index (χ2n) is 5.56. The summed E-state index contributed by atoms with van der Waals surface area (Å²) in [7, 11) is 0. The lowest BCUT2D eigenvalue weighted by Gasteiger charge is -2.27. The lowest BCUT2D eigenvalue weighted by Crippen LogP contribution is -2.34. The summed E-state index contributed by atoms with van der Waals surface area (Å²) >= 11 is 9.72. The van der Waals surface area contributed by atoms with Gasteiger partial charge in [-0.15, -0.1) is 0 Å². The van der Waals surface area contributed by atoms with Crippen LogP contribution < -0.4 is 4.90 Å². The number of halogens is 4. The molecule has 2 aromatic carbocycles. The van der Waals surface area contributed by atoms with Crippen molar-refractivity contribution >= 4 is 44.8 Å². The van der Waals surface area contributed by atoms with E-state index in [1.54, 1.807) is 12.3 Å². The van der Waals surface area contributed by atoms with Crippen molar-refractivity contribution < 1.29 is 8.78 Å². The molecule has 2 heterocycles. The average Bonchev–Trinajstić information content (AvgIpc) is 2.76. The third-order valence-electron chi connectivity index (χ3n) is 4.11. The molecule has 0 unspecified atom stereocenters. The molecule has 0 spiro atoms. The van der Waals surface area contributed by atoms with Crippen LogP contribution in [0.3, 0.4) is 0 Å². The van der Waals surface area contributed by atoms with Gasteiger partial charge in [-0.1, -0.05) is 17.7 Å². The quantitative estimate of drug-likeness (QED) is 0.638. The summed E-state index contributed by atoms with van der Waals surface area (Å²) in [6.45, 7) is 0.814. The first-order valence-corrected chi connectivity index (χ1v) is 8.71. The number of hydrogen-bond donors (Lipinski definition) is 0. The van der Waals surface area contributed by atoms with Crippen LogP contribution in [0.5, 0.6) is 0 Å². The highest BCUT2D eigenvalue weighted by atomic mass is 79.9. The van der Waals surface area contributed by atoms with Crippen molar-refractivity contribution in [2.24, 2.45) is 9.98 Å². The Morgan fingerprint density at radius 1 is 1.08 bits per heavy atom. The SMILES string of the molecule is Fc1cccc(F)c1C1=NCC2=NC=CCN2c2ccc(Cl)c(Br)c21. The molecule has 0 aliphatic carbocycles. The Hall–Kier alpha value is -2.05. The van der Waals surface area contributed by atoms with Crippen molar-refractivity contribution in [2.75, 3.05) is 18.0 Å². The molecule has 126 valence electrons. The Labute approximate surface area is 156 Å². The number of amidine groups is 1. The molecule has 7 heteroatoms. The third-order valence-corrected chi connectivity index (χ3v) is 5.47. The summed E-state index contributed by atoms with van der Waals surface area (Å²) in [5.41, 5.74) is 1.35. The predicted octanol–water partition coefficient (Wildman–Crippen LogP) is 4.96. The molecule has 0 N–H and O–H groups in total. The van der Waals surface area contributed by atoms with Crippen molar-refractivity contribution in [1.82, 2.24) is 0 Å². The molecule has 0 saturated heterocycles. The lowest BCUT2D eigenvalue weighted by atomic mass is 9.99. The van der Waals surface area contributed by atoms with Gasteiger partial charge < -0.3 is 4.90 Å². The van der Waals surface area contributed by atoms with Crippen LogP contribution >= 0.6 is 27.5 Å². The Kier molecular flexibility index (Phi) is 4.17. The van der Waals surface area contributed by atoms with E-state index < -0.39 is 11.6 Å². The molecular weight excluding hydrogens is 412 g/mol. The van der Waals surface area contributed by atoms with E-state index >= 15 is 0 Å². The predicted molar refractivity (Wildman–Crippen MR) is 99.9 cm³/mol. The number of rotatable bonds is 1. The van der Waals surface area contributed by atoms with Gasteiger partial charge in [0.2, 0.25) is 0 Å². The van der Waals surface area contributed by atoms with E-state index in [0.29, 0.717) is 27.4 Å². The van der Waals surface area contributed by atoms with Crippen molar-refractivity contribution in [3.05, 3.63) is 74.9 Å². The van der Waals surface area contributed by atoms with E-state index in [2.05, 4.69) is 25.9 Å². The van der Waals surface area contributed by atoms with Gasteiger partial charge in [0, 0.05) is 22.8 Å².